The molecule has 6 atom stereocenters. The average Bonchev–Trinajstić information content (AvgIpc) is 3.32. The van der Waals surface area contributed by atoms with Gasteiger partial charge < -0.3 is 29.3 Å². The van der Waals surface area contributed by atoms with Crippen molar-refractivity contribution in [2.45, 2.75) is 43.1 Å². The maximum atomic E-state index is 14.7. The number of likely N-dealkylation sites (N-methyl/N-ethyl adjacent to an activating group) is 1. The number of rotatable bonds is 7. The molecule has 42 heavy (non-hydrogen) atoms. The highest BCUT2D eigenvalue weighted by Crippen LogP contribution is 2.59. The van der Waals surface area contributed by atoms with Gasteiger partial charge in [-0.3, -0.25) is 14.4 Å². The first-order valence-corrected chi connectivity index (χ1v) is 14.5. The van der Waals surface area contributed by atoms with Crippen LogP contribution in [0.2, 0.25) is 0 Å². The van der Waals surface area contributed by atoms with E-state index in [2.05, 4.69) is 0 Å². The van der Waals surface area contributed by atoms with Crippen molar-refractivity contribution in [3.05, 3.63) is 84.5 Å². The first-order valence-electron chi connectivity index (χ1n) is 14.5. The molecule has 2 saturated heterocycles. The lowest BCUT2D eigenvalue weighted by Crippen LogP contribution is -2.59. The number of hydrogen-bond donors (Lipinski definition) is 1. The number of likely N-dealkylation sites (tertiary alicyclic amines) is 1. The molecule has 1 spiro atoms. The summed E-state index contributed by atoms with van der Waals surface area (Å²) >= 11 is 0. The molecule has 0 aliphatic carbocycles. The van der Waals surface area contributed by atoms with E-state index in [0.717, 1.165) is 5.56 Å². The number of hydrogen-bond acceptors (Lipinski definition) is 6. The van der Waals surface area contributed by atoms with Crippen LogP contribution < -0.4 is 9.64 Å². The Balaban J connectivity index is 1.50. The Bertz CT molecular complexity index is 1430. The fourth-order valence-corrected chi connectivity index (χ4v) is 7.35. The van der Waals surface area contributed by atoms with Crippen molar-refractivity contribution in [1.29, 1.82) is 0 Å². The molecular weight excluding hydrogens is 534 g/mol. The van der Waals surface area contributed by atoms with E-state index in [1.807, 2.05) is 73.7 Å². The molecule has 6 rings (SSSR count). The quantitative estimate of drug-likeness (QED) is 0.513. The number of ether oxygens (including phenoxy) is 2. The minimum atomic E-state index is -1.39. The summed E-state index contributed by atoms with van der Waals surface area (Å²) in [4.78, 5) is 48.2. The topological polar surface area (TPSA) is 99.6 Å². The van der Waals surface area contributed by atoms with Crippen LogP contribution >= 0.6 is 0 Å². The summed E-state index contributed by atoms with van der Waals surface area (Å²) < 4.78 is 12.3. The van der Waals surface area contributed by atoms with E-state index in [1.165, 1.54) is 4.90 Å². The SMILES string of the molecule is CC[C@@]12C=CCN(C)C(=O)[C@@H]1[C@H]1C(=O)N([C@@H](CO)Cc3ccccc3)C3C(=O)N(c4ccc(OC)cc4)CC=C[C@@]31O2. The molecule has 2 aromatic carbocycles. The van der Waals surface area contributed by atoms with Gasteiger partial charge in [-0.15, -0.1) is 0 Å². The summed E-state index contributed by atoms with van der Waals surface area (Å²) in [6.07, 6.45) is 8.34. The molecule has 4 heterocycles. The van der Waals surface area contributed by atoms with Gasteiger partial charge in [-0.1, -0.05) is 61.6 Å². The van der Waals surface area contributed by atoms with Crippen molar-refractivity contribution < 1.29 is 29.0 Å². The second-order valence-corrected chi connectivity index (χ2v) is 11.6. The number of fused-ring (bicyclic) bond motifs is 2. The molecule has 0 bridgehead atoms. The first-order chi connectivity index (χ1) is 20.3. The summed E-state index contributed by atoms with van der Waals surface area (Å²) in [5.74, 6) is -1.93. The van der Waals surface area contributed by atoms with Crippen LogP contribution in [0, 0.1) is 11.8 Å². The molecule has 9 heteroatoms. The molecule has 9 nitrogen and oxygen atoms in total. The van der Waals surface area contributed by atoms with Gasteiger partial charge in [0.2, 0.25) is 11.8 Å². The summed E-state index contributed by atoms with van der Waals surface area (Å²) in [6, 6.07) is 15.0. The largest absolute Gasteiger partial charge is 0.497 e. The van der Waals surface area contributed by atoms with Gasteiger partial charge in [0.05, 0.1) is 37.2 Å². The summed E-state index contributed by atoms with van der Waals surface area (Å²) in [6.45, 7) is 2.27. The van der Waals surface area contributed by atoms with Crippen molar-refractivity contribution in [3.8, 4) is 5.75 Å². The lowest BCUT2D eigenvalue weighted by Gasteiger charge is -2.40. The second kappa shape index (κ2) is 10.7. The molecule has 4 aliphatic heterocycles. The minimum absolute atomic E-state index is 0.182. The highest BCUT2D eigenvalue weighted by molar-refractivity contribution is 6.06. The van der Waals surface area contributed by atoms with Crippen LogP contribution in [0.3, 0.4) is 0 Å². The number of carbonyl (C=O) groups excluding carboxylic acids is 3. The smallest absolute Gasteiger partial charge is 0.253 e. The van der Waals surface area contributed by atoms with Gasteiger partial charge in [-0.05, 0) is 42.7 Å². The number of benzene rings is 2. The number of aliphatic hydroxyl groups excluding tert-OH is 1. The van der Waals surface area contributed by atoms with Crippen LogP contribution in [0.15, 0.2) is 78.9 Å². The van der Waals surface area contributed by atoms with Gasteiger partial charge in [-0.25, -0.2) is 0 Å². The number of methoxy groups -OCH3 is 1. The highest BCUT2D eigenvalue weighted by Gasteiger charge is 2.75. The van der Waals surface area contributed by atoms with Crippen molar-refractivity contribution in [1.82, 2.24) is 9.80 Å². The molecule has 1 unspecified atom stereocenters. The van der Waals surface area contributed by atoms with Gasteiger partial charge in [0.1, 0.15) is 17.4 Å². The third-order valence-electron chi connectivity index (χ3n) is 9.38. The van der Waals surface area contributed by atoms with Crippen molar-refractivity contribution in [3.63, 3.8) is 0 Å². The fourth-order valence-electron chi connectivity index (χ4n) is 7.35. The Morgan fingerprint density at radius 1 is 0.952 bits per heavy atom. The molecule has 0 radical (unpaired) electrons. The predicted molar refractivity (Wildman–Crippen MR) is 157 cm³/mol. The second-order valence-electron chi connectivity index (χ2n) is 11.6. The molecular formula is C33H37N3O6. The lowest BCUT2D eigenvalue weighted by atomic mass is 9.73. The summed E-state index contributed by atoms with van der Waals surface area (Å²) in [5, 5.41) is 10.7. The van der Waals surface area contributed by atoms with E-state index in [4.69, 9.17) is 9.47 Å². The van der Waals surface area contributed by atoms with E-state index >= 15 is 0 Å². The maximum Gasteiger partial charge on any atom is 0.253 e. The van der Waals surface area contributed by atoms with E-state index in [9.17, 15) is 19.5 Å². The van der Waals surface area contributed by atoms with Crippen LogP contribution in [0.1, 0.15) is 18.9 Å². The van der Waals surface area contributed by atoms with E-state index in [1.54, 1.807) is 36.1 Å². The molecule has 0 saturated carbocycles. The molecule has 220 valence electrons. The van der Waals surface area contributed by atoms with Crippen LogP contribution in [0.25, 0.3) is 0 Å². The summed E-state index contributed by atoms with van der Waals surface area (Å²) in [5.41, 5.74) is -0.856. The normalized spacial score (nSPS) is 31.0. The fraction of sp³-hybridized carbons (Fsp3) is 0.424. The molecule has 3 amide bonds. The summed E-state index contributed by atoms with van der Waals surface area (Å²) in [7, 11) is 3.31. The third-order valence-corrected chi connectivity index (χ3v) is 9.38. The predicted octanol–water partition coefficient (Wildman–Crippen LogP) is 2.59. The van der Waals surface area contributed by atoms with Gasteiger partial charge in [0, 0.05) is 25.8 Å². The molecule has 0 aromatic heterocycles. The Morgan fingerprint density at radius 3 is 2.33 bits per heavy atom. The van der Waals surface area contributed by atoms with Crippen molar-refractivity contribution in [2.24, 2.45) is 11.8 Å². The van der Waals surface area contributed by atoms with E-state index in [-0.39, 0.29) is 30.9 Å². The van der Waals surface area contributed by atoms with Gasteiger partial charge in [0.25, 0.3) is 5.91 Å². The zero-order valence-electron chi connectivity index (χ0n) is 24.2. The first kappa shape index (κ1) is 28.2. The van der Waals surface area contributed by atoms with Crippen molar-refractivity contribution >= 4 is 23.4 Å². The van der Waals surface area contributed by atoms with Crippen LogP contribution in [-0.4, -0.2) is 89.8 Å². The van der Waals surface area contributed by atoms with Gasteiger partial charge >= 0.3 is 0 Å². The molecule has 2 fully saturated rings. The highest BCUT2D eigenvalue weighted by atomic mass is 16.5. The van der Waals surface area contributed by atoms with Gasteiger partial charge in [0.15, 0.2) is 0 Å². The maximum absolute atomic E-state index is 14.7. The third kappa shape index (κ3) is 4.17. The average molecular weight is 572 g/mol. The van der Waals surface area contributed by atoms with E-state index in [0.29, 0.717) is 30.8 Å². The van der Waals surface area contributed by atoms with E-state index < -0.39 is 35.1 Å². The zero-order valence-corrected chi connectivity index (χ0v) is 24.2. The van der Waals surface area contributed by atoms with Crippen LogP contribution in [0.5, 0.6) is 5.75 Å². The standard InChI is InChI=1S/C33H37N3O6/c1-4-32-16-8-18-34(2)29(38)26(32)27-30(39)36(24(21-37)20-22-10-6-5-7-11-22)28-31(40)35(19-9-17-33(27,28)42-32)23-12-14-25(41-3)15-13-23/h5-17,24,26-28,37H,4,18-21H2,1-3H3/t24-,26+,27+,28?,32-,33+/m1/s1. The number of amides is 3. The number of carbonyl (C=O) groups is 3. The Morgan fingerprint density at radius 2 is 1.67 bits per heavy atom. The zero-order chi connectivity index (χ0) is 29.6. The lowest BCUT2D eigenvalue weighted by molar-refractivity contribution is -0.152. The van der Waals surface area contributed by atoms with Crippen molar-refractivity contribution in [2.75, 3.05) is 38.8 Å². The molecule has 4 aliphatic rings. The molecule has 1 N–H and O–H groups in total. The minimum Gasteiger partial charge on any atom is -0.497 e. The number of anilines is 1. The molecule has 2 aromatic rings. The number of nitrogens with zero attached hydrogens (tertiary/aromatic N) is 3. The van der Waals surface area contributed by atoms with Crippen LogP contribution in [-0.2, 0) is 25.5 Å². The Labute approximate surface area is 246 Å². The Hall–Kier alpha value is -3.95. The van der Waals surface area contributed by atoms with Gasteiger partial charge in [-0.2, -0.15) is 0 Å². The number of aliphatic hydroxyl groups is 1. The Kier molecular flexibility index (Phi) is 7.19. The monoisotopic (exact) mass is 571 g/mol. The van der Waals surface area contributed by atoms with Crippen LogP contribution in [0.4, 0.5) is 5.69 Å².